The molecule has 15 heavy (non-hydrogen) atoms. The van der Waals surface area contributed by atoms with Gasteiger partial charge in [-0.25, -0.2) is 0 Å². The van der Waals surface area contributed by atoms with Crippen molar-refractivity contribution in [3.05, 3.63) is 0 Å². The van der Waals surface area contributed by atoms with E-state index in [0.29, 0.717) is 19.8 Å². The topological polar surface area (TPSA) is 27.7 Å². The molecule has 1 unspecified atom stereocenters. The van der Waals surface area contributed by atoms with E-state index in [1.165, 1.54) is 10.8 Å². The van der Waals surface area contributed by atoms with Gasteiger partial charge >= 0.3 is 0 Å². The lowest BCUT2D eigenvalue weighted by Gasteiger charge is -2.32. The van der Waals surface area contributed by atoms with E-state index in [1.807, 2.05) is 20.8 Å². The zero-order chi connectivity index (χ0) is 11.7. The first kappa shape index (κ1) is 15.8. The molecule has 0 amide bonds. The number of hydrogen-bond donors (Lipinski definition) is 1. The van der Waals surface area contributed by atoms with Gasteiger partial charge in [0.2, 0.25) is 0 Å². The van der Waals surface area contributed by atoms with E-state index in [9.17, 15) is 0 Å². The van der Waals surface area contributed by atoms with Gasteiger partial charge in [-0.05, 0) is 20.8 Å². The summed E-state index contributed by atoms with van der Waals surface area (Å²) < 4.78 is 16.8. The number of ether oxygens (including phenoxy) is 3. The first-order valence-corrected chi connectivity index (χ1v) is 8.24. The fourth-order valence-electron chi connectivity index (χ4n) is 1.39. The summed E-state index contributed by atoms with van der Waals surface area (Å²) in [4.78, 5) is 0. The first-order chi connectivity index (χ1) is 7.11. The molecule has 0 rings (SSSR count). The second-order valence-corrected chi connectivity index (χ2v) is 6.09. The first-order valence-electron chi connectivity index (χ1n) is 5.31. The minimum atomic E-state index is -0.431. The highest BCUT2D eigenvalue weighted by Gasteiger charge is 2.29. The summed E-state index contributed by atoms with van der Waals surface area (Å²) in [6.45, 7) is 7.96. The van der Waals surface area contributed by atoms with Gasteiger partial charge in [-0.15, -0.1) is 11.7 Å². The lowest BCUT2D eigenvalue weighted by atomic mass is 10.4. The molecule has 0 N–H and O–H groups in total. The van der Waals surface area contributed by atoms with Gasteiger partial charge in [0, 0.05) is 26.2 Å². The van der Waals surface area contributed by atoms with E-state index in [0.717, 1.165) is 16.7 Å². The van der Waals surface area contributed by atoms with E-state index in [4.69, 9.17) is 14.2 Å². The fraction of sp³-hybridized carbons (Fsp3) is 1.00. The van der Waals surface area contributed by atoms with Crippen molar-refractivity contribution in [2.75, 3.05) is 19.8 Å². The second kappa shape index (κ2) is 8.89. The zero-order valence-corrected chi connectivity index (χ0v) is 13.7. The summed E-state index contributed by atoms with van der Waals surface area (Å²) >= 11 is 4.19. The second-order valence-electron chi connectivity index (χ2n) is 3.19. The van der Waals surface area contributed by atoms with Crippen molar-refractivity contribution in [2.24, 2.45) is 0 Å². The molecule has 0 saturated carbocycles. The summed E-state index contributed by atoms with van der Waals surface area (Å²) in [5.74, 6) is 0. The van der Waals surface area contributed by atoms with Crippen molar-refractivity contribution in [3.63, 3.8) is 0 Å². The van der Waals surface area contributed by atoms with Crippen LogP contribution < -0.4 is 0 Å². The molecule has 0 bridgehead atoms. The zero-order valence-electron chi connectivity index (χ0n) is 9.99. The van der Waals surface area contributed by atoms with Crippen LogP contribution in [-0.2, 0) is 14.2 Å². The third kappa shape index (κ3) is 6.86. The SMILES string of the molecule is CCOC(CC([SiH3])(OCC)OCC)SS. The Morgan fingerprint density at radius 2 is 1.73 bits per heavy atom. The van der Waals surface area contributed by atoms with E-state index in [1.54, 1.807) is 0 Å². The third-order valence-electron chi connectivity index (χ3n) is 1.91. The van der Waals surface area contributed by atoms with E-state index >= 15 is 0 Å². The molecule has 0 heterocycles. The molecule has 0 aromatic rings. The Bertz CT molecular complexity index is 154. The van der Waals surface area contributed by atoms with Crippen LogP contribution >= 0.6 is 22.5 Å². The van der Waals surface area contributed by atoms with Crippen LogP contribution in [0.4, 0.5) is 0 Å². The predicted octanol–water partition coefficient (Wildman–Crippen LogP) is 1.41. The highest BCUT2D eigenvalue weighted by atomic mass is 33.1. The molecule has 0 aromatic carbocycles. The standard InChI is InChI=1S/C9H22O3S2Si/c1-4-10-8(14-13)7-9(15,11-5-2)12-6-3/h8,13H,4-7H2,1-3,15H3. The quantitative estimate of drug-likeness (QED) is 0.297. The van der Waals surface area contributed by atoms with E-state index in [2.05, 4.69) is 11.7 Å². The third-order valence-corrected chi connectivity index (χ3v) is 4.14. The largest absolute Gasteiger partial charge is 0.367 e. The van der Waals surface area contributed by atoms with Crippen molar-refractivity contribution in [1.29, 1.82) is 0 Å². The van der Waals surface area contributed by atoms with E-state index in [-0.39, 0.29) is 5.44 Å². The average molecular weight is 270 g/mol. The Balaban J connectivity index is 4.22. The molecular formula is C9H22O3S2Si. The Morgan fingerprint density at radius 3 is 2.07 bits per heavy atom. The van der Waals surface area contributed by atoms with Gasteiger partial charge in [0.05, 0.1) is 10.2 Å². The molecule has 3 nitrogen and oxygen atoms in total. The molecule has 0 saturated heterocycles. The van der Waals surface area contributed by atoms with Gasteiger partial charge in [0.1, 0.15) is 10.8 Å². The summed E-state index contributed by atoms with van der Waals surface area (Å²) in [6, 6.07) is 0. The minimum Gasteiger partial charge on any atom is -0.367 e. The van der Waals surface area contributed by atoms with Crippen LogP contribution in [0.5, 0.6) is 0 Å². The van der Waals surface area contributed by atoms with Gasteiger partial charge in [0.25, 0.3) is 0 Å². The summed E-state index contributed by atoms with van der Waals surface area (Å²) in [5.41, 5.74) is -0.395. The van der Waals surface area contributed by atoms with Crippen LogP contribution in [0.25, 0.3) is 0 Å². The van der Waals surface area contributed by atoms with Crippen LogP contribution in [0.2, 0.25) is 0 Å². The number of thiol groups is 1. The average Bonchev–Trinajstić information content (AvgIpc) is 2.17. The van der Waals surface area contributed by atoms with Gasteiger partial charge in [-0.1, -0.05) is 10.8 Å². The number of hydrogen-bond acceptors (Lipinski definition) is 5. The molecule has 0 aliphatic carbocycles. The smallest absolute Gasteiger partial charge is 0.144 e. The molecule has 0 aromatic heterocycles. The van der Waals surface area contributed by atoms with E-state index < -0.39 is 5.41 Å². The fourth-order valence-corrected chi connectivity index (χ4v) is 3.61. The van der Waals surface area contributed by atoms with Gasteiger partial charge in [-0.2, -0.15) is 0 Å². The maximum absolute atomic E-state index is 5.66. The molecule has 0 spiro atoms. The maximum atomic E-state index is 5.66. The summed E-state index contributed by atoms with van der Waals surface area (Å²) in [5, 5.41) is 0. The van der Waals surface area contributed by atoms with Gasteiger partial charge < -0.3 is 14.2 Å². The predicted molar refractivity (Wildman–Crippen MR) is 72.5 cm³/mol. The normalized spacial score (nSPS) is 14.4. The van der Waals surface area contributed by atoms with Crippen LogP contribution in [0, 0.1) is 0 Å². The Labute approximate surface area is 105 Å². The van der Waals surface area contributed by atoms with Crippen molar-refractivity contribution in [2.45, 2.75) is 38.0 Å². The van der Waals surface area contributed by atoms with Crippen molar-refractivity contribution >= 4 is 32.7 Å². The lowest BCUT2D eigenvalue weighted by Crippen LogP contribution is -2.40. The highest BCUT2D eigenvalue weighted by molar-refractivity contribution is 8.68. The molecule has 0 radical (unpaired) electrons. The summed E-state index contributed by atoms with van der Waals surface area (Å²) in [6.07, 6.45) is 0.739. The molecule has 0 fully saturated rings. The number of rotatable bonds is 9. The molecule has 1 atom stereocenters. The highest BCUT2D eigenvalue weighted by Crippen LogP contribution is 2.27. The molecule has 92 valence electrons. The molecular weight excluding hydrogens is 248 g/mol. The van der Waals surface area contributed by atoms with Gasteiger partial charge in [-0.3, -0.25) is 0 Å². The Kier molecular flexibility index (Phi) is 9.37. The molecule has 0 aliphatic heterocycles. The van der Waals surface area contributed by atoms with Crippen molar-refractivity contribution in [3.8, 4) is 0 Å². The maximum Gasteiger partial charge on any atom is 0.144 e. The van der Waals surface area contributed by atoms with Crippen LogP contribution in [0.3, 0.4) is 0 Å². The molecule has 0 aliphatic rings. The van der Waals surface area contributed by atoms with Crippen molar-refractivity contribution < 1.29 is 14.2 Å². The summed E-state index contributed by atoms with van der Waals surface area (Å²) in [7, 11) is 2.23. The van der Waals surface area contributed by atoms with Crippen LogP contribution in [-0.4, -0.2) is 40.9 Å². The van der Waals surface area contributed by atoms with Gasteiger partial charge in [0.15, 0.2) is 0 Å². The lowest BCUT2D eigenvalue weighted by molar-refractivity contribution is -0.185. The Morgan fingerprint density at radius 1 is 1.20 bits per heavy atom. The van der Waals surface area contributed by atoms with Crippen LogP contribution in [0.15, 0.2) is 0 Å². The van der Waals surface area contributed by atoms with Crippen LogP contribution in [0.1, 0.15) is 27.2 Å². The van der Waals surface area contributed by atoms with Crippen molar-refractivity contribution in [1.82, 2.24) is 0 Å². The Hall–Kier alpha value is 0.797. The minimum absolute atomic E-state index is 0.0360. The monoisotopic (exact) mass is 270 g/mol. The molecule has 6 heteroatoms.